The van der Waals surface area contributed by atoms with Gasteiger partial charge < -0.3 is 10.2 Å². The molecule has 0 bridgehead atoms. The predicted octanol–water partition coefficient (Wildman–Crippen LogP) is 12.7. The second-order valence-corrected chi connectivity index (χ2v) is 14.1. The largest absolute Gasteiger partial charge is 0.481 e. The van der Waals surface area contributed by atoms with Crippen molar-refractivity contribution in [2.75, 3.05) is 13.1 Å². The maximum Gasteiger partial charge on any atom is 0.321 e. The first-order valence-corrected chi connectivity index (χ1v) is 20.2. The summed E-state index contributed by atoms with van der Waals surface area (Å²) in [6.07, 6.45) is 41.8. The van der Waals surface area contributed by atoms with E-state index in [0.717, 1.165) is 25.7 Å². The quantitative estimate of drug-likeness (QED) is 0.0659. The van der Waals surface area contributed by atoms with E-state index in [1.807, 2.05) is 4.90 Å². The Morgan fingerprint density at radius 1 is 0.400 bits per heavy atom. The molecule has 0 heterocycles. The summed E-state index contributed by atoms with van der Waals surface area (Å²) >= 11 is 0. The topological polar surface area (TPSA) is 77.8 Å². The Labute approximate surface area is 281 Å². The number of nitrogens with zero attached hydrogens (tertiary/aromatic N) is 1. The summed E-state index contributed by atoms with van der Waals surface area (Å²) in [5.41, 5.74) is 0. The van der Waals surface area contributed by atoms with Crippen molar-refractivity contribution in [1.82, 2.24) is 4.90 Å². The lowest BCUT2D eigenvalue weighted by molar-refractivity contribution is -0.149. The molecule has 0 aliphatic heterocycles. The van der Waals surface area contributed by atoms with Crippen molar-refractivity contribution in [3.05, 3.63) is 0 Å². The minimum Gasteiger partial charge on any atom is -0.481 e. The lowest BCUT2D eigenvalue weighted by Crippen LogP contribution is -2.43. The van der Waals surface area contributed by atoms with Crippen LogP contribution in [0.5, 0.6) is 0 Å². The molecular formula is C40H79NO4. The maximum absolute atomic E-state index is 11.9. The molecule has 45 heavy (non-hydrogen) atoms. The van der Waals surface area contributed by atoms with Crippen molar-refractivity contribution < 1.29 is 19.8 Å². The highest BCUT2D eigenvalue weighted by atomic mass is 16.4. The molecule has 0 radical (unpaired) electrons. The fraction of sp³-hybridized carbons (Fsp3) is 0.950. The third kappa shape index (κ3) is 32.6. The normalized spacial score (nSPS) is 12.2. The Hall–Kier alpha value is -1.10. The molecule has 2 N–H and O–H groups in total. The molecule has 1 unspecified atom stereocenters. The number of hydrogen-bond donors (Lipinski definition) is 2. The van der Waals surface area contributed by atoms with Gasteiger partial charge in [-0.05, 0) is 25.9 Å². The molecule has 0 fully saturated rings. The van der Waals surface area contributed by atoms with Gasteiger partial charge in [-0.1, -0.05) is 206 Å². The van der Waals surface area contributed by atoms with Crippen molar-refractivity contribution in [3.8, 4) is 0 Å². The van der Waals surface area contributed by atoms with Crippen LogP contribution in [0.2, 0.25) is 0 Å². The van der Waals surface area contributed by atoms with Crippen LogP contribution in [-0.4, -0.2) is 46.2 Å². The molecule has 0 spiro atoms. The van der Waals surface area contributed by atoms with E-state index in [1.54, 1.807) is 0 Å². The average Bonchev–Trinajstić information content (AvgIpc) is 3.02. The van der Waals surface area contributed by atoms with E-state index in [-0.39, 0.29) is 6.42 Å². The minimum atomic E-state index is -1.02. The number of carbonyl (C=O) groups is 2. The summed E-state index contributed by atoms with van der Waals surface area (Å²) in [5.74, 6) is -2.02. The van der Waals surface area contributed by atoms with Crippen LogP contribution in [0.1, 0.15) is 226 Å². The van der Waals surface area contributed by atoms with Crippen molar-refractivity contribution in [1.29, 1.82) is 0 Å². The molecule has 5 nitrogen and oxygen atoms in total. The third-order valence-electron chi connectivity index (χ3n) is 9.69. The van der Waals surface area contributed by atoms with Gasteiger partial charge in [0.1, 0.15) is 6.04 Å². The third-order valence-corrected chi connectivity index (χ3v) is 9.69. The molecule has 0 aromatic heterocycles. The second kappa shape index (κ2) is 35.7. The minimum absolute atomic E-state index is 0.312. The Bertz CT molecular complexity index is 589. The monoisotopic (exact) mass is 638 g/mol. The lowest BCUT2D eigenvalue weighted by atomic mass is 10.0. The van der Waals surface area contributed by atoms with E-state index < -0.39 is 18.0 Å². The molecule has 0 aromatic carbocycles. The molecule has 0 aliphatic rings. The van der Waals surface area contributed by atoms with Crippen molar-refractivity contribution >= 4 is 11.9 Å². The smallest absolute Gasteiger partial charge is 0.321 e. The summed E-state index contributed by atoms with van der Waals surface area (Å²) < 4.78 is 0. The summed E-state index contributed by atoms with van der Waals surface area (Å²) in [4.78, 5) is 25.2. The highest BCUT2D eigenvalue weighted by Crippen LogP contribution is 2.17. The first kappa shape index (κ1) is 43.9. The number of carboxylic acid groups (broad SMARTS) is 2. The van der Waals surface area contributed by atoms with Gasteiger partial charge in [-0.25, -0.2) is 0 Å². The molecular weight excluding hydrogens is 558 g/mol. The van der Waals surface area contributed by atoms with Gasteiger partial charge in [0.05, 0.1) is 6.42 Å². The number of unbranched alkanes of at least 4 members (excludes halogenated alkanes) is 30. The van der Waals surface area contributed by atoms with Crippen LogP contribution >= 0.6 is 0 Å². The van der Waals surface area contributed by atoms with E-state index >= 15 is 0 Å². The number of carboxylic acids is 2. The first-order valence-electron chi connectivity index (χ1n) is 20.2. The van der Waals surface area contributed by atoms with Crippen molar-refractivity contribution in [2.45, 2.75) is 232 Å². The van der Waals surface area contributed by atoms with E-state index in [1.165, 1.54) is 180 Å². The van der Waals surface area contributed by atoms with Crippen molar-refractivity contribution in [3.63, 3.8) is 0 Å². The van der Waals surface area contributed by atoms with E-state index in [0.29, 0.717) is 13.1 Å². The van der Waals surface area contributed by atoms with E-state index in [4.69, 9.17) is 0 Å². The zero-order chi connectivity index (χ0) is 33.1. The fourth-order valence-electron chi connectivity index (χ4n) is 6.69. The molecule has 268 valence electrons. The van der Waals surface area contributed by atoms with E-state index in [2.05, 4.69) is 13.8 Å². The second-order valence-electron chi connectivity index (χ2n) is 14.1. The Kier molecular flexibility index (Phi) is 34.9. The van der Waals surface area contributed by atoms with Gasteiger partial charge in [-0.15, -0.1) is 0 Å². The standard InChI is InChI=1S/C40H79NO4/c1-3-5-7-9-11-13-15-17-19-21-23-25-27-29-31-33-35-41(38(40(44)45)37-39(42)43)36-34-32-30-28-26-24-22-20-18-16-14-12-10-8-6-4-2/h38H,3-37H2,1-2H3,(H,42,43)(H,44,45). The van der Waals surface area contributed by atoms with Crippen LogP contribution < -0.4 is 0 Å². The Morgan fingerprint density at radius 3 is 0.822 bits per heavy atom. The average molecular weight is 638 g/mol. The van der Waals surface area contributed by atoms with Crippen LogP contribution in [0.25, 0.3) is 0 Å². The molecule has 0 rings (SSSR count). The highest BCUT2D eigenvalue weighted by molar-refractivity contribution is 5.80. The predicted molar refractivity (Wildman–Crippen MR) is 194 cm³/mol. The fourth-order valence-corrected chi connectivity index (χ4v) is 6.69. The Balaban J connectivity index is 3.91. The summed E-state index contributed by atoms with van der Waals surface area (Å²) in [5, 5.41) is 19.1. The molecule has 0 aromatic rings. The molecule has 0 amide bonds. The van der Waals surface area contributed by atoms with Crippen LogP contribution in [0, 0.1) is 0 Å². The van der Waals surface area contributed by atoms with Gasteiger partial charge in [0.2, 0.25) is 0 Å². The summed E-state index contributed by atoms with van der Waals surface area (Å²) in [7, 11) is 0. The van der Waals surface area contributed by atoms with Crippen LogP contribution in [-0.2, 0) is 9.59 Å². The van der Waals surface area contributed by atoms with Crippen LogP contribution in [0.4, 0.5) is 0 Å². The lowest BCUT2D eigenvalue weighted by Gasteiger charge is -2.28. The van der Waals surface area contributed by atoms with Gasteiger partial charge >= 0.3 is 11.9 Å². The van der Waals surface area contributed by atoms with Gasteiger partial charge in [-0.3, -0.25) is 14.5 Å². The highest BCUT2D eigenvalue weighted by Gasteiger charge is 2.27. The molecule has 0 saturated carbocycles. The molecule has 1 atom stereocenters. The molecule has 0 aliphatic carbocycles. The SMILES string of the molecule is CCCCCCCCCCCCCCCCCCN(CCCCCCCCCCCCCCCCCC)C(CC(=O)O)C(=O)O. The van der Waals surface area contributed by atoms with Gasteiger partial charge in [0, 0.05) is 0 Å². The maximum atomic E-state index is 11.9. The summed E-state index contributed by atoms with van der Waals surface area (Å²) in [6.45, 7) is 5.94. The van der Waals surface area contributed by atoms with Crippen LogP contribution in [0.3, 0.4) is 0 Å². The van der Waals surface area contributed by atoms with E-state index in [9.17, 15) is 19.8 Å². The zero-order valence-corrected chi connectivity index (χ0v) is 30.5. The summed E-state index contributed by atoms with van der Waals surface area (Å²) in [6, 6.07) is -0.907. The van der Waals surface area contributed by atoms with Gasteiger partial charge in [-0.2, -0.15) is 0 Å². The van der Waals surface area contributed by atoms with Gasteiger partial charge in [0.25, 0.3) is 0 Å². The molecule has 0 saturated heterocycles. The zero-order valence-electron chi connectivity index (χ0n) is 30.5. The Morgan fingerprint density at radius 2 is 0.622 bits per heavy atom. The van der Waals surface area contributed by atoms with Crippen molar-refractivity contribution in [2.24, 2.45) is 0 Å². The molecule has 5 heteroatoms. The number of rotatable bonds is 38. The number of aliphatic carboxylic acids is 2. The number of hydrogen-bond acceptors (Lipinski definition) is 3. The first-order chi connectivity index (χ1) is 22.0. The van der Waals surface area contributed by atoms with Crippen LogP contribution in [0.15, 0.2) is 0 Å². The van der Waals surface area contributed by atoms with Gasteiger partial charge in [0.15, 0.2) is 0 Å².